The molecule has 0 fully saturated rings. The molecule has 0 spiro atoms. The van der Waals surface area contributed by atoms with Gasteiger partial charge in [0.2, 0.25) is 18.8 Å². The molecule has 2 atom stereocenters. The maximum absolute atomic E-state index is 12.8. The van der Waals surface area contributed by atoms with Gasteiger partial charge >= 0.3 is 5.97 Å². The zero-order valence-corrected chi connectivity index (χ0v) is 13.6. The Morgan fingerprint density at radius 2 is 1.39 bits per heavy atom. The van der Waals surface area contributed by atoms with E-state index in [0.717, 1.165) is 0 Å². The smallest absolute Gasteiger partial charge is 0.326 e. The van der Waals surface area contributed by atoms with Crippen LogP contribution < -0.4 is 11.1 Å². The van der Waals surface area contributed by atoms with Gasteiger partial charge in [-0.3, -0.25) is 4.79 Å². The average Bonchev–Trinajstić information content (AvgIpc) is 2.36. The molecule has 0 bridgehead atoms. The number of carbonyl (C=O) groups excluding carboxylic acids is 1. The summed E-state index contributed by atoms with van der Waals surface area (Å²) < 4.78 is 51.2. The first-order valence-corrected chi connectivity index (χ1v) is 7.06. The molecular formula is C14H24F4N2O3. The van der Waals surface area contributed by atoms with Crippen LogP contribution in [0.25, 0.3) is 0 Å². The quantitative estimate of drug-likeness (QED) is 0.559. The zero-order chi connectivity index (χ0) is 18.6. The van der Waals surface area contributed by atoms with Crippen molar-refractivity contribution in [1.29, 1.82) is 0 Å². The van der Waals surface area contributed by atoms with Crippen LogP contribution in [0.1, 0.15) is 40.5 Å². The number of hydrogen-bond donors (Lipinski definition) is 3. The lowest BCUT2D eigenvalue weighted by Crippen LogP contribution is -2.51. The second-order valence-corrected chi connectivity index (χ2v) is 6.99. The number of aliphatic carboxylic acids is 1. The largest absolute Gasteiger partial charge is 0.480 e. The molecule has 0 unspecified atom stereocenters. The van der Waals surface area contributed by atoms with E-state index in [0.29, 0.717) is 0 Å². The van der Waals surface area contributed by atoms with Gasteiger partial charge in [-0.25, -0.2) is 22.4 Å². The lowest BCUT2D eigenvalue weighted by atomic mass is 9.84. The van der Waals surface area contributed by atoms with Gasteiger partial charge in [0.25, 0.3) is 0 Å². The third-order valence-electron chi connectivity index (χ3n) is 3.61. The zero-order valence-electron chi connectivity index (χ0n) is 13.6. The minimum absolute atomic E-state index is 0.374. The fraction of sp³-hybridized carbons (Fsp3) is 0.857. The van der Waals surface area contributed by atoms with Crippen LogP contribution in [0.2, 0.25) is 0 Å². The topological polar surface area (TPSA) is 92.4 Å². The van der Waals surface area contributed by atoms with Crippen LogP contribution in [0, 0.1) is 10.8 Å². The first-order valence-electron chi connectivity index (χ1n) is 7.06. The molecule has 23 heavy (non-hydrogen) atoms. The number of carbonyl (C=O) groups is 2. The summed E-state index contributed by atoms with van der Waals surface area (Å²) in [4.78, 5) is 23.0. The van der Waals surface area contributed by atoms with E-state index in [4.69, 9.17) is 10.8 Å². The van der Waals surface area contributed by atoms with Crippen molar-refractivity contribution in [3.05, 3.63) is 0 Å². The van der Waals surface area contributed by atoms with E-state index in [9.17, 15) is 27.2 Å². The number of nitrogens with two attached hydrogens (primary N) is 1. The Bertz CT molecular complexity index is 428. The van der Waals surface area contributed by atoms with Crippen molar-refractivity contribution in [2.45, 2.75) is 65.5 Å². The summed E-state index contributed by atoms with van der Waals surface area (Å²) in [5.41, 5.74) is 2.36. The van der Waals surface area contributed by atoms with Gasteiger partial charge in [0.1, 0.15) is 6.04 Å². The van der Waals surface area contributed by atoms with E-state index < -0.39 is 54.1 Å². The molecule has 0 aromatic carbocycles. The molecule has 0 aromatic heterocycles. The molecule has 0 rings (SSSR count). The van der Waals surface area contributed by atoms with E-state index in [1.165, 1.54) is 27.7 Å². The first kappa shape index (κ1) is 21.6. The molecule has 0 aliphatic carbocycles. The predicted octanol–water partition coefficient (Wildman–Crippen LogP) is 2.25. The minimum atomic E-state index is -2.78. The van der Waals surface area contributed by atoms with Crippen molar-refractivity contribution >= 4 is 11.9 Å². The van der Waals surface area contributed by atoms with Crippen LogP contribution in [0.5, 0.6) is 0 Å². The van der Waals surface area contributed by atoms with Gasteiger partial charge in [0, 0.05) is 10.8 Å². The number of carboxylic acid groups (broad SMARTS) is 1. The third kappa shape index (κ3) is 6.72. The van der Waals surface area contributed by atoms with Crippen molar-refractivity contribution in [2.24, 2.45) is 16.6 Å². The highest BCUT2D eigenvalue weighted by molar-refractivity contribution is 5.86. The maximum Gasteiger partial charge on any atom is 0.326 e. The van der Waals surface area contributed by atoms with Crippen LogP contribution in [-0.4, -0.2) is 41.9 Å². The molecule has 4 N–H and O–H groups in total. The second kappa shape index (κ2) is 7.94. The molecule has 9 heteroatoms. The number of halogens is 4. The van der Waals surface area contributed by atoms with E-state index in [1.807, 2.05) is 5.32 Å². The van der Waals surface area contributed by atoms with Crippen molar-refractivity contribution in [3.63, 3.8) is 0 Å². The molecule has 136 valence electrons. The Kier molecular flexibility index (Phi) is 7.46. The van der Waals surface area contributed by atoms with E-state index in [-0.39, 0.29) is 6.42 Å². The monoisotopic (exact) mass is 344 g/mol. The molecule has 0 saturated carbocycles. The van der Waals surface area contributed by atoms with Crippen LogP contribution in [0.4, 0.5) is 17.6 Å². The Balaban J connectivity index is 4.90. The molecule has 0 saturated heterocycles. The molecular weight excluding hydrogens is 320 g/mol. The summed E-state index contributed by atoms with van der Waals surface area (Å²) >= 11 is 0. The van der Waals surface area contributed by atoms with E-state index in [1.54, 1.807) is 0 Å². The number of rotatable bonds is 9. The molecule has 0 aromatic rings. The van der Waals surface area contributed by atoms with Gasteiger partial charge in [0.15, 0.2) is 0 Å². The van der Waals surface area contributed by atoms with Gasteiger partial charge in [-0.05, 0) is 12.8 Å². The van der Waals surface area contributed by atoms with Gasteiger partial charge in [-0.2, -0.15) is 0 Å². The number of alkyl halides is 4. The fourth-order valence-corrected chi connectivity index (χ4v) is 1.84. The van der Waals surface area contributed by atoms with Crippen molar-refractivity contribution < 1.29 is 32.3 Å². The Labute approximate surface area is 132 Å². The van der Waals surface area contributed by atoms with Crippen molar-refractivity contribution in [3.8, 4) is 0 Å². The molecule has 1 amide bonds. The summed E-state index contributed by atoms with van der Waals surface area (Å²) in [5.74, 6) is -2.46. The lowest BCUT2D eigenvalue weighted by Gasteiger charge is -2.29. The van der Waals surface area contributed by atoms with E-state index >= 15 is 0 Å². The van der Waals surface area contributed by atoms with Gasteiger partial charge in [-0.15, -0.1) is 0 Å². The molecule has 0 radical (unpaired) electrons. The summed E-state index contributed by atoms with van der Waals surface area (Å²) in [6.07, 6.45) is -6.39. The van der Waals surface area contributed by atoms with Crippen LogP contribution >= 0.6 is 0 Å². The highest BCUT2D eigenvalue weighted by Crippen LogP contribution is 2.31. The minimum Gasteiger partial charge on any atom is -0.480 e. The Morgan fingerprint density at radius 1 is 1.00 bits per heavy atom. The van der Waals surface area contributed by atoms with Gasteiger partial charge in [-0.1, -0.05) is 27.7 Å². The van der Waals surface area contributed by atoms with Crippen LogP contribution in [0.3, 0.4) is 0 Å². The predicted molar refractivity (Wildman–Crippen MR) is 76.3 cm³/mol. The Hall–Kier alpha value is -1.38. The SMILES string of the molecule is CC(C)(C[C@H](NC(=O)[C@@H](N)CC(C)(C)C(F)F)C(=O)O)C(F)F. The average molecular weight is 344 g/mol. The molecule has 0 heterocycles. The molecule has 0 aliphatic rings. The second-order valence-electron chi connectivity index (χ2n) is 6.99. The van der Waals surface area contributed by atoms with Crippen LogP contribution in [0.15, 0.2) is 0 Å². The van der Waals surface area contributed by atoms with E-state index in [2.05, 4.69) is 0 Å². The first-order chi connectivity index (χ1) is 10.2. The molecule has 5 nitrogen and oxygen atoms in total. The summed E-state index contributed by atoms with van der Waals surface area (Å²) in [5, 5.41) is 11.1. The van der Waals surface area contributed by atoms with Gasteiger partial charge in [0.05, 0.1) is 6.04 Å². The number of amides is 1. The van der Waals surface area contributed by atoms with Crippen molar-refractivity contribution in [2.75, 3.05) is 0 Å². The fourth-order valence-electron chi connectivity index (χ4n) is 1.84. The maximum atomic E-state index is 12.8. The highest BCUT2D eigenvalue weighted by Gasteiger charge is 2.38. The summed E-state index contributed by atoms with van der Waals surface area (Å²) in [6.45, 7) is 4.78. The number of nitrogens with one attached hydrogen (secondary N) is 1. The summed E-state index contributed by atoms with van der Waals surface area (Å²) in [7, 11) is 0. The number of carboxylic acids is 1. The molecule has 0 aliphatic heterocycles. The standard InChI is InChI=1S/C14H24F4N2O3/c1-13(2,11(15)16)5-7(19)9(21)20-8(10(22)23)6-14(3,4)12(17)18/h7-8,11-12H,5-6,19H2,1-4H3,(H,20,21)(H,22,23)/t7-,8-/m0/s1. The highest BCUT2D eigenvalue weighted by atomic mass is 19.3. The number of hydrogen-bond acceptors (Lipinski definition) is 3. The normalized spacial score (nSPS) is 15.6. The lowest BCUT2D eigenvalue weighted by molar-refractivity contribution is -0.144. The van der Waals surface area contributed by atoms with Gasteiger partial charge < -0.3 is 16.2 Å². The third-order valence-corrected chi connectivity index (χ3v) is 3.61. The summed E-state index contributed by atoms with van der Waals surface area (Å²) in [6, 6.07) is -2.94. The Morgan fingerprint density at radius 3 is 1.74 bits per heavy atom. The van der Waals surface area contributed by atoms with Crippen LogP contribution in [-0.2, 0) is 9.59 Å². The van der Waals surface area contributed by atoms with Crippen molar-refractivity contribution in [1.82, 2.24) is 5.32 Å².